The zero-order chi connectivity index (χ0) is 14.6. The highest BCUT2D eigenvalue weighted by atomic mass is 32.2. The molecule has 0 heterocycles. The SMILES string of the molecule is COC(=O)CNS(=O)(=O)c1ccc(F)c([N+](=O)[O-])c1. The Kier molecular flexibility index (Phi) is 4.51. The Morgan fingerprint density at radius 1 is 1.53 bits per heavy atom. The first-order valence-electron chi connectivity index (χ1n) is 4.78. The number of carbonyl (C=O) groups is 1. The van der Waals surface area contributed by atoms with Gasteiger partial charge in [-0.15, -0.1) is 0 Å². The van der Waals surface area contributed by atoms with Gasteiger partial charge in [0.1, 0.15) is 6.54 Å². The molecule has 1 aromatic carbocycles. The summed E-state index contributed by atoms with van der Waals surface area (Å²) in [5.74, 6) is -1.99. The van der Waals surface area contributed by atoms with Gasteiger partial charge in [-0.2, -0.15) is 9.11 Å². The fourth-order valence-corrected chi connectivity index (χ4v) is 2.10. The van der Waals surface area contributed by atoms with Crippen molar-refractivity contribution in [3.05, 3.63) is 34.1 Å². The van der Waals surface area contributed by atoms with Crippen LogP contribution in [0.3, 0.4) is 0 Å². The number of benzene rings is 1. The van der Waals surface area contributed by atoms with Crippen LogP contribution in [0.4, 0.5) is 10.1 Å². The van der Waals surface area contributed by atoms with E-state index >= 15 is 0 Å². The highest BCUT2D eigenvalue weighted by Crippen LogP contribution is 2.21. The van der Waals surface area contributed by atoms with Crippen LogP contribution in [0.1, 0.15) is 0 Å². The van der Waals surface area contributed by atoms with Crippen molar-refractivity contribution in [1.82, 2.24) is 4.72 Å². The molecule has 0 amide bonds. The van der Waals surface area contributed by atoms with Crippen LogP contribution in [0, 0.1) is 15.9 Å². The topological polar surface area (TPSA) is 116 Å². The van der Waals surface area contributed by atoms with Gasteiger partial charge in [-0.1, -0.05) is 0 Å². The molecule has 0 radical (unpaired) electrons. The zero-order valence-electron chi connectivity index (χ0n) is 9.62. The molecule has 0 atom stereocenters. The largest absolute Gasteiger partial charge is 0.468 e. The highest BCUT2D eigenvalue weighted by Gasteiger charge is 2.22. The normalized spacial score (nSPS) is 11.1. The minimum Gasteiger partial charge on any atom is -0.468 e. The number of esters is 1. The average Bonchev–Trinajstić information content (AvgIpc) is 2.35. The van der Waals surface area contributed by atoms with E-state index in [2.05, 4.69) is 4.74 Å². The maximum absolute atomic E-state index is 13.0. The van der Waals surface area contributed by atoms with Crippen molar-refractivity contribution < 1.29 is 27.3 Å². The number of rotatable bonds is 5. The Bertz CT molecular complexity index is 615. The molecule has 0 aliphatic heterocycles. The lowest BCUT2D eigenvalue weighted by Crippen LogP contribution is -2.30. The summed E-state index contributed by atoms with van der Waals surface area (Å²) in [6, 6.07) is 2.07. The number of carbonyl (C=O) groups excluding carboxylic acids is 1. The Balaban J connectivity index is 3.05. The van der Waals surface area contributed by atoms with Crippen molar-refractivity contribution in [2.75, 3.05) is 13.7 Å². The minimum absolute atomic E-state index is 0.524. The third kappa shape index (κ3) is 3.69. The first-order chi connectivity index (χ1) is 8.77. The molecule has 0 spiro atoms. The number of halogens is 1. The second-order valence-electron chi connectivity index (χ2n) is 3.27. The number of nitro benzene ring substituents is 1. The second-order valence-corrected chi connectivity index (χ2v) is 5.04. The molecule has 0 aliphatic rings. The zero-order valence-corrected chi connectivity index (χ0v) is 10.4. The number of hydrogen-bond acceptors (Lipinski definition) is 6. The average molecular weight is 292 g/mol. The van der Waals surface area contributed by atoms with Gasteiger partial charge in [0, 0.05) is 6.07 Å². The third-order valence-electron chi connectivity index (χ3n) is 2.06. The molecule has 0 aromatic heterocycles. The Hall–Kier alpha value is -2.07. The number of nitro groups is 1. The number of methoxy groups -OCH3 is 1. The summed E-state index contributed by atoms with van der Waals surface area (Å²) >= 11 is 0. The van der Waals surface area contributed by atoms with Crippen molar-refractivity contribution in [3.8, 4) is 0 Å². The molecule has 1 N–H and O–H groups in total. The van der Waals surface area contributed by atoms with Crippen LogP contribution in [0.5, 0.6) is 0 Å². The summed E-state index contributed by atoms with van der Waals surface area (Å²) in [4.78, 5) is 19.7. The molecule has 8 nitrogen and oxygen atoms in total. The number of ether oxygens (including phenoxy) is 1. The van der Waals surface area contributed by atoms with Crippen molar-refractivity contribution in [3.63, 3.8) is 0 Å². The second kappa shape index (κ2) is 5.71. The van der Waals surface area contributed by atoms with Gasteiger partial charge in [0.05, 0.1) is 16.9 Å². The van der Waals surface area contributed by atoms with Gasteiger partial charge in [-0.3, -0.25) is 14.9 Å². The first-order valence-corrected chi connectivity index (χ1v) is 6.26. The van der Waals surface area contributed by atoms with Crippen LogP contribution < -0.4 is 4.72 Å². The first kappa shape index (κ1) is 15.0. The van der Waals surface area contributed by atoms with Gasteiger partial charge in [0.15, 0.2) is 0 Å². The minimum atomic E-state index is -4.16. The number of hydrogen-bond donors (Lipinski definition) is 1. The van der Waals surface area contributed by atoms with E-state index in [4.69, 9.17) is 0 Å². The lowest BCUT2D eigenvalue weighted by Gasteiger charge is -2.05. The molecule has 0 unspecified atom stereocenters. The van der Waals surface area contributed by atoms with Crippen molar-refractivity contribution in [2.45, 2.75) is 4.90 Å². The van der Waals surface area contributed by atoms with Gasteiger partial charge in [0.2, 0.25) is 15.8 Å². The van der Waals surface area contributed by atoms with Crippen molar-refractivity contribution in [1.29, 1.82) is 0 Å². The maximum Gasteiger partial charge on any atom is 0.320 e. The van der Waals surface area contributed by atoms with Crippen molar-refractivity contribution in [2.24, 2.45) is 0 Å². The van der Waals surface area contributed by atoms with E-state index in [0.717, 1.165) is 13.2 Å². The summed E-state index contributed by atoms with van der Waals surface area (Å²) < 4.78 is 42.5. The molecule has 104 valence electrons. The van der Waals surface area contributed by atoms with Gasteiger partial charge in [-0.05, 0) is 12.1 Å². The van der Waals surface area contributed by atoms with Crippen LogP contribution >= 0.6 is 0 Å². The Morgan fingerprint density at radius 2 is 2.16 bits per heavy atom. The number of sulfonamides is 1. The number of nitrogens with zero attached hydrogens (tertiary/aromatic N) is 1. The summed E-state index contributed by atoms with van der Waals surface area (Å²) in [5, 5.41) is 10.5. The predicted octanol–water partition coefficient (Wildman–Crippen LogP) is 0.185. The van der Waals surface area contributed by atoms with Crippen LogP contribution in [0.25, 0.3) is 0 Å². The molecule has 10 heteroatoms. The number of nitrogens with one attached hydrogen (secondary N) is 1. The molecule has 1 rings (SSSR count). The fraction of sp³-hybridized carbons (Fsp3) is 0.222. The molecule has 0 saturated heterocycles. The van der Waals surface area contributed by atoms with Crippen LogP contribution in [0.2, 0.25) is 0 Å². The molecular weight excluding hydrogens is 283 g/mol. The molecule has 19 heavy (non-hydrogen) atoms. The fourth-order valence-electron chi connectivity index (χ4n) is 1.11. The monoisotopic (exact) mass is 292 g/mol. The lowest BCUT2D eigenvalue weighted by atomic mass is 10.3. The smallest absolute Gasteiger partial charge is 0.320 e. The van der Waals surface area contributed by atoms with Crippen LogP contribution in [0.15, 0.2) is 23.1 Å². The van der Waals surface area contributed by atoms with E-state index < -0.39 is 43.9 Å². The van der Waals surface area contributed by atoms with Crippen LogP contribution in [-0.2, 0) is 19.6 Å². The summed E-state index contributed by atoms with van der Waals surface area (Å²) in [5.41, 5.74) is -0.971. The summed E-state index contributed by atoms with van der Waals surface area (Å²) in [7, 11) is -3.09. The molecule has 0 fully saturated rings. The molecule has 0 aliphatic carbocycles. The standard InChI is InChI=1S/C9H9FN2O6S/c1-18-9(13)5-11-19(16,17)6-2-3-7(10)8(4-6)12(14)15/h2-4,11H,5H2,1H3. The van der Waals surface area contributed by atoms with E-state index in [9.17, 15) is 27.7 Å². The molecular formula is C9H9FN2O6S. The third-order valence-corrected chi connectivity index (χ3v) is 3.46. The van der Waals surface area contributed by atoms with Gasteiger partial charge in [0.25, 0.3) is 0 Å². The van der Waals surface area contributed by atoms with Gasteiger partial charge < -0.3 is 4.74 Å². The van der Waals surface area contributed by atoms with Gasteiger partial charge >= 0.3 is 11.7 Å². The van der Waals surface area contributed by atoms with E-state index in [1.807, 2.05) is 4.72 Å². The maximum atomic E-state index is 13.0. The van der Waals surface area contributed by atoms with Gasteiger partial charge in [-0.25, -0.2) is 8.42 Å². The Morgan fingerprint density at radius 3 is 2.68 bits per heavy atom. The molecule has 1 aromatic rings. The van der Waals surface area contributed by atoms with E-state index in [0.29, 0.717) is 12.1 Å². The Labute approximate surface area is 107 Å². The van der Waals surface area contributed by atoms with E-state index in [1.165, 1.54) is 0 Å². The molecule has 0 bridgehead atoms. The highest BCUT2D eigenvalue weighted by molar-refractivity contribution is 7.89. The van der Waals surface area contributed by atoms with E-state index in [-0.39, 0.29) is 0 Å². The lowest BCUT2D eigenvalue weighted by molar-refractivity contribution is -0.387. The quantitative estimate of drug-likeness (QED) is 0.470. The summed E-state index contributed by atoms with van der Waals surface area (Å²) in [6.45, 7) is -0.635. The predicted molar refractivity (Wildman–Crippen MR) is 60.3 cm³/mol. The van der Waals surface area contributed by atoms with Crippen molar-refractivity contribution >= 4 is 21.7 Å². The molecule has 0 saturated carbocycles. The van der Waals surface area contributed by atoms with Crippen LogP contribution in [-0.4, -0.2) is 33.0 Å². The summed E-state index contributed by atoms with van der Waals surface area (Å²) in [6.07, 6.45) is 0. The van der Waals surface area contributed by atoms with E-state index in [1.54, 1.807) is 0 Å².